The molecular formula is C26H33FN2O4. The average Bonchev–Trinajstić information content (AvgIpc) is 3.23. The molecule has 1 saturated carbocycles. The molecule has 1 saturated heterocycles. The van der Waals surface area contributed by atoms with Gasteiger partial charge in [0.2, 0.25) is 0 Å². The number of benzene rings is 1. The van der Waals surface area contributed by atoms with Crippen molar-refractivity contribution < 1.29 is 19.0 Å². The molecule has 2 fully saturated rings. The Balaban J connectivity index is 1.60. The summed E-state index contributed by atoms with van der Waals surface area (Å²) < 4.78 is 21.9. The van der Waals surface area contributed by atoms with Crippen molar-refractivity contribution in [3.8, 4) is 11.1 Å². The number of ether oxygens (including phenoxy) is 1. The van der Waals surface area contributed by atoms with Crippen LogP contribution in [0, 0.1) is 11.2 Å². The first-order valence-electron chi connectivity index (χ1n) is 11.7. The molecular weight excluding hydrogens is 423 g/mol. The van der Waals surface area contributed by atoms with E-state index in [4.69, 9.17) is 4.74 Å². The average molecular weight is 457 g/mol. The fourth-order valence-corrected chi connectivity index (χ4v) is 5.37. The molecule has 7 heteroatoms. The zero-order valence-electron chi connectivity index (χ0n) is 19.6. The van der Waals surface area contributed by atoms with Crippen LogP contribution in [0.25, 0.3) is 11.1 Å². The number of carbonyl (C=O) groups excluding carboxylic acids is 1. The first-order chi connectivity index (χ1) is 15.5. The SMILES string of the molecule is CC(C)(C)OC(=O)N1CCC(O)(Cn2ccc(-c3ccccc3)c(F)c2=O)C2(CCCC2)C1. The topological polar surface area (TPSA) is 71.8 Å². The Labute approximate surface area is 194 Å². The van der Waals surface area contributed by atoms with Crippen molar-refractivity contribution in [2.75, 3.05) is 13.1 Å². The maximum atomic E-state index is 15.0. The maximum absolute atomic E-state index is 15.0. The van der Waals surface area contributed by atoms with E-state index >= 15 is 4.39 Å². The summed E-state index contributed by atoms with van der Waals surface area (Å²) in [4.78, 5) is 27.3. The summed E-state index contributed by atoms with van der Waals surface area (Å²) in [6.45, 7) is 6.19. The highest BCUT2D eigenvalue weighted by Gasteiger charge is 2.56. The number of likely N-dealkylation sites (tertiary alicyclic amines) is 1. The smallest absolute Gasteiger partial charge is 0.410 e. The maximum Gasteiger partial charge on any atom is 0.410 e. The summed E-state index contributed by atoms with van der Waals surface area (Å²) >= 11 is 0. The van der Waals surface area contributed by atoms with Crippen LogP contribution in [0.3, 0.4) is 0 Å². The Morgan fingerprint density at radius 2 is 1.79 bits per heavy atom. The fourth-order valence-electron chi connectivity index (χ4n) is 5.37. The monoisotopic (exact) mass is 456 g/mol. The van der Waals surface area contributed by atoms with Crippen LogP contribution in [-0.2, 0) is 11.3 Å². The Hall–Kier alpha value is -2.67. The summed E-state index contributed by atoms with van der Waals surface area (Å²) in [6.07, 6.45) is 4.88. The van der Waals surface area contributed by atoms with Crippen molar-refractivity contribution in [2.24, 2.45) is 5.41 Å². The van der Waals surface area contributed by atoms with Gasteiger partial charge in [0, 0.05) is 30.3 Å². The molecule has 1 atom stereocenters. The predicted octanol–water partition coefficient (Wildman–Crippen LogP) is 4.59. The number of halogens is 1. The van der Waals surface area contributed by atoms with Crippen LogP contribution in [0.1, 0.15) is 52.9 Å². The van der Waals surface area contributed by atoms with Gasteiger partial charge in [0.15, 0.2) is 5.82 Å². The van der Waals surface area contributed by atoms with Crippen molar-refractivity contribution in [1.82, 2.24) is 9.47 Å². The second-order valence-electron chi connectivity index (χ2n) is 10.5. The molecule has 33 heavy (non-hydrogen) atoms. The molecule has 4 rings (SSSR count). The number of amides is 1. The number of aliphatic hydroxyl groups is 1. The van der Waals surface area contributed by atoms with Gasteiger partial charge in [0.1, 0.15) is 5.60 Å². The van der Waals surface area contributed by atoms with Gasteiger partial charge in [-0.2, -0.15) is 0 Å². The van der Waals surface area contributed by atoms with Crippen LogP contribution in [0.2, 0.25) is 0 Å². The summed E-state index contributed by atoms with van der Waals surface area (Å²) in [5.74, 6) is -0.820. The lowest BCUT2D eigenvalue weighted by molar-refractivity contribution is -0.140. The van der Waals surface area contributed by atoms with Crippen molar-refractivity contribution in [1.29, 1.82) is 0 Å². The number of hydrogen-bond donors (Lipinski definition) is 1. The molecule has 178 valence electrons. The highest BCUT2D eigenvalue weighted by molar-refractivity contribution is 5.68. The minimum Gasteiger partial charge on any atom is -0.444 e. The van der Waals surface area contributed by atoms with Crippen molar-refractivity contribution in [3.05, 3.63) is 58.8 Å². The van der Waals surface area contributed by atoms with Crippen molar-refractivity contribution >= 4 is 6.09 Å². The molecule has 1 aliphatic heterocycles. The summed E-state index contributed by atoms with van der Waals surface area (Å²) in [6, 6.07) is 10.5. The lowest BCUT2D eigenvalue weighted by Gasteiger charge is -2.52. The van der Waals surface area contributed by atoms with E-state index < -0.39 is 28.0 Å². The predicted molar refractivity (Wildman–Crippen MR) is 124 cm³/mol. The molecule has 1 aliphatic carbocycles. The van der Waals surface area contributed by atoms with Gasteiger partial charge in [-0.25, -0.2) is 9.18 Å². The molecule has 2 aromatic rings. The van der Waals surface area contributed by atoms with E-state index in [0.29, 0.717) is 25.1 Å². The molecule has 0 bridgehead atoms. The molecule has 1 N–H and O–H groups in total. The quantitative estimate of drug-likeness (QED) is 0.734. The standard InChI is InChI=1S/C26H33FN2O4/c1-24(2,3)33-23(31)29-16-14-26(32,25(17-29)12-7-8-13-25)18-28-15-11-20(21(27)22(28)30)19-9-5-4-6-10-19/h4-6,9-11,15,32H,7-8,12-14,16-18H2,1-3H3. The fraction of sp³-hybridized carbons (Fsp3) is 0.538. The first-order valence-corrected chi connectivity index (χ1v) is 11.7. The summed E-state index contributed by atoms with van der Waals surface area (Å²) in [7, 11) is 0. The van der Waals surface area contributed by atoms with Gasteiger partial charge < -0.3 is 19.3 Å². The second-order valence-corrected chi connectivity index (χ2v) is 10.5. The molecule has 2 aliphatic rings. The number of pyridine rings is 1. The van der Waals surface area contributed by atoms with Gasteiger partial charge in [0.25, 0.3) is 5.56 Å². The molecule has 1 aromatic carbocycles. The molecule has 2 heterocycles. The van der Waals surface area contributed by atoms with E-state index in [1.165, 1.54) is 4.57 Å². The number of aromatic nitrogens is 1. The van der Waals surface area contributed by atoms with Gasteiger partial charge in [0.05, 0.1) is 12.1 Å². The van der Waals surface area contributed by atoms with Crippen LogP contribution < -0.4 is 5.56 Å². The van der Waals surface area contributed by atoms with E-state index in [-0.39, 0.29) is 18.2 Å². The largest absolute Gasteiger partial charge is 0.444 e. The van der Waals surface area contributed by atoms with Crippen LogP contribution >= 0.6 is 0 Å². The minimum absolute atomic E-state index is 0.0000184. The molecule has 6 nitrogen and oxygen atoms in total. The summed E-state index contributed by atoms with van der Waals surface area (Å²) in [5.41, 5.74) is -2.22. The first kappa shape index (κ1) is 23.5. The lowest BCUT2D eigenvalue weighted by Crippen LogP contribution is -2.62. The van der Waals surface area contributed by atoms with Gasteiger partial charge in [-0.05, 0) is 51.7 Å². The Bertz CT molecular complexity index is 1070. The van der Waals surface area contributed by atoms with Crippen LogP contribution in [-0.4, -0.2) is 45.0 Å². The highest BCUT2D eigenvalue weighted by Crippen LogP contribution is 2.51. The zero-order chi connectivity index (χ0) is 23.9. The van der Waals surface area contributed by atoms with Gasteiger partial charge in [-0.1, -0.05) is 43.2 Å². The van der Waals surface area contributed by atoms with Gasteiger partial charge in [-0.3, -0.25) is 4.79 Å². The Morgan fingerprint density at radius 3 is 2.42 bits per heavy atom. The van der Waals surface area contributed by atoms with Gasteiger partial charge in [-0.15, -0.1) is 0 Å². The number of nitrogens with zero attached hydrogens (tertiary/aromatic N) is 2. The van der Waals surface area contributed by atoms with E-state index in [9.17, 15) is 14.7 Å². The minimum atomic E-state index is -1.22. The van der Waals surface area contributed by atoms with Crippen LogP contribution in [0.15, 0.2) is 47.4 Å². The molecule has 1 unspecified atom stereocenters. The number of hydrogen-bond acceptors (Lipinski definition) is 4. The second kappa shape index (κ2) is 8.60. The number of carbonyl (C=O) groups is 1. The van der Waals surface area contributed by atoms with E-state index in [1.54, 1.807) is 41.4 Å². The van der Waals surface area contributed by atoms with E-state index in [1.807, 2.05) is 26.8 Å². The Morgan fingerprint density at radius 1 is 1.12 bits per heavy atom. The third-order valence-corrected chi connectivity index (χ3v) is 7.11. The zero-order valence-corrected chi connectivity index (χ0v) is 19.6. The Kier molecular flexibility index (Phi) is 6.12. The van der Waals surface area contributed by atoms with Gasteiger partial charge >= 0.3 is 6.09 Å². The lowest BCUT2D eigenvalue weighted by atomic mass is 9.66. The van der Waals surface area contributed by atoms with Crippen molar-refractivity contribution in [3.63, 3.8) is 0 Å². The van der Waals surface area contributed by atoms with E-state index in [0.717, 1.165) is 25.7 Å². The van der Waals surface area contributed by atoms with Crippen LogP contribution in [0.5, 0.6) is 0 Å². The third-order valence-electron chi connectivity index (χ3n) is 7.11. The van der Waals surface area contributed by atoms with Crippen molar-refractivity contribution in [2.45, 2.75) is 70.6 Å². The molecule has 1 spiro atoms. The third kappa shape index (κ3) is 4.56. The molecule has 1 aromatic heterocycles. The molecule has 1 amide bonds. The highest BCUT2D eigenvalue weighted by atomic mass is 19.1. The number of piperidine rings is 1. The van der Waals surface area contributed by atoms with E-state index in [2.05, 4.69) is 0 Å². The summed E-state index contributed by atoms with van der Waals surface area (Å²) in [5, 5.41) is 11.8. The molecule has 0 radical (unpaired) electrons. The normalized spacial score (nSPS) is 22.5. The van der Waals surface area contributed by atoms with Crippen LogP contribution in [0.4, 0.5) is 9.18 Å². The number of rotatable bonds is 3.